The summed E-state index contributed by atoms with van der Waals surface area (Å²) in [6.45, 7) is 7.36. The van der Waals surface area contributed by atoms with Crippen LogP contribution in [-0.2, 0) is 13.1 Å². The van der Waals surface area contributed by atoms with Gasteiger partial charge in [0.2, 0.25) is 0 Å². The molecule has 1 aliphatic rings. The SMILES string of the molecule is O.[O-][Cl+3]([O-])([O-])[O-].[O-][Cl+3]([O-])([O-])[O-].[O-][Cl+3]([O-])([O-])[O-].c1cc2cc(c1)C[NH2+]CCC[NH2+]CCC[NH2+]C2. The molecule has 0 amide bonds. The lowest BCUT2D eigenvalue weighted by Crippen LogP contribution is -2.89. The van der Waals surface area contributed by atoms with Crippen LogP contribution in [-0.4, -0.2) is 31.7 Å². The highest BCUT2D eigenvalue weighted by molar-refractivity contribution is 5.21. The predicted molar refractivity (Wildman–Crippen MR) is 71.9 cm³/mol. The van der Waals surface area contributed by atoms with Gasteiger partial charge in [-0.25, -0.2) is 55.9 Å². The Labute approximate surface area is 195 Å². The van der Waals surface area contributed by atoms with E-state index < -0.39 is 30.7 Å². The number of rotatable bonds is 0. The van der Waals surface area contributed by atoms with Gasteiger partial charge in [0.05, 0.1) is 26.2 Å². The van der Waals surface area contributed by atoms with Gasteiger partial charge in [0, 0.05) is 24.0 Å². The largest absolute Gasteiger partial charge is 0.412 e. The third-order valence-corrected chi connectivity index (χ3v) is 3.38. The normalized spacial score (nSPS) is 15.5. The first-order valence-corrected chi connectivity index (χ1v) is 12.5. The minimum atomic E-state index is -4.94. The van der Waals surface area contributed by atoms with Crippen molar-refractivity contribution in [3.05, 3.63) is 35.4 Å². The van der Waals surface area contributed by atoms with Crippen LogP contribution < -0.4 is 71.9 Å². The third kappa shape index (κ3) is 49.6. The van der Waals surface area contributed by atoms with Gasteiger partial charge < -0.3 is 21.4 Å². The van der Waals surface area contributed by atoms with Crippen molar-refractivity contribution in [2.45, 2.75) is 25.9 Å². The molecule has 0 saturated carbocycles. The summed E-state index contributed by atoms with van der Waals surface area (Å²) in [6.07, 6.45) is 2.65. The highest BCUT2D eigenvalue weighted by Crippen LogP contribution is 2.02. The molecule has 8 N–H and O–H groups in total. The summed E-state index contributed by atoms with van der Waals surface area (Å²) in [5.41, 5.74) is 2.94. The maximum Gasteiger partial charge on any atom is 0.101 e. The number of hydrogen-bond acceptors (Lipinski definition) is 12. The highest BCUT2D eigenvalue weighted by Gasteiger charge is 2.02. The standard InChI is InChI=1S/C14H23N3.3ClHO4.H2O/c1-4-13-10-14(5-1)12-17-9-3-7-15-6-2-8-16-11-13;3*2-1(3,4)5;/h1,4-5,10,15-17H,2-3,6-9,11-12H2;3*(H,2,3,4,5);1H2. The van der Waals surface area contributed by atoms with Crippen molar-refractivity contribution in [3.8, 4) is 0 Å². The second-order valence-electron chi connectivity index (χ2n) is 6.09. The quantitative estimate of drug-likeness (QED) is 0.270. The smallest absolute Gasteiger partial charge is 0.101 e. The highest BCUT2D eigenvalue weighted by atomic mass is 35.7. The van der Waals surface area contributed by atoms with E-state index in [1.54, 1.807) is 0 Å². The Bertz CT molecular complexity index is 512. The summed E-state index contributed by atoms with van der Waals surface area (Å²) >= 11 is 0. The minimum Gasteiger partial charge on any atom is -0.412 e. The molecule has 1 heterocycles. The summed E-state index contributed by atoms with van der Waals surface area (Å²) in [4.78, 5) is 0. The lowest BCUT2D eigenvalue weighted by molar-refractivity contribution is -2.00. The van der Waals surface area contributed by atoms with E-state index >= 15 is 0 Å². The van der Waals surface area contributed by atoms with E-state index in [0.29, 0.717) is 0 Å². The van der Waals surface area contributed by atoms with Gasteiger partial charge in [-0.15, -0.1) is 30.7 Å². The molecule has 1 aromatic rings. The number of nitrogens with two attached hydrogens (primary N) is 3. The Morgan fingerprint density at radius 2 is 0.788 bits per heavy atom. The molecule has 16 nitrogen and oxygen atoms in total. The molecule has 0 saturated heterocycles. The van der Waals surface area contributed by atoms with Crippen LogP contribution in [0.5, 0.6) is 0 Å². The summed E-state index contributed by atoms with van der Waals surface area (Å²) in [5, 5.41) is 7.33. The van der Waals surface area contributed by atoms with Crippen LogP contribution in [0.15, 0.2) is 24.3 Å². The molecule has 1 aliphatic heterocycles. The molecule has 2 bridgehead atoms. The predicted octanol–water partition coefficient (Wildman–Crippen LogP) is -16.9. The molecule has 0 atom stereocenters. The van der Waals surface area contributed by atoms with Crippen LogP contribution in [0.4, 0.5) is 0 Å². The Hall–Kier alpha value is -0.550. The van der Waals surface area contributed by atoms with Gasteiger partial charge in [-0.1, -0.05) is 18.2 Å². The van der Waals surface area contributed by atoms with Crippen LogP contribution in [0.25, 0.3) is 0 Å². The van der Waals surface area contributed by atoms with Crippen LogP contribution in [0.3, 0.4) is 0 Å². The van der Waals surface area contributed by atoms with Gasteiger partial charge in [0.1, 0.15) is 13.1 Å². The zero-order valence-corrected chi connectivity index (χ0v) is 19.5. The first-order valence-electron chi connectivity index (χ1n) is 8.83. The number of halogens is 3. The van der Waals surface area contributed by atoms with Crippen molar-refractivity contribution in [1.29, 1.82) is 0 Å². The van der Waals surface area contributed by atoms with Gasteiger partial charge in [-0.2, -0.15) is 0 Å². The Morgan fingerprint density at radius 3 is 1.09 bits per heavy atom. The van der Waals surface area contributed by atoms with Gasteiger partial charge in [0.15, 0.2) is 0 Å². The van der Waals surface area contributed by atoms with Gasteiger partial charge in [-0.3, -0.25) is 0 Å². The first-order chi connectivity index (χ1) is 14.4. The maximum atomic E-state index is 8.49. The van der Waals surface area contributed by atoms with Crippen LogP contribution in [0, 0.1) is 30.7 Å². The maximum absolute atomic E-state index is 8.49. The minimum absolute atomic E-state index is 0. The van der Waals surface area contributed by atoms with E-state index in [4.69, 9.17) is 55.9 Å². The Morgan fingerprint density at radius 1 is 0.515 bits per heavy atom. The fourth-order valence-corrected chi connectivity index (χ4v) is 2.38. The molecule has 1 aromatic carbocycles. The van der Waals surface area contributed by atoms with Crippen molar-refractivity contribution in [2.24, 2.45) is 0 Å². The summed E-state index contributed by atoms with van der Waals surface area (Å²) in [5.74, 6) is 0. The second-order valence-corrected chi connectivity index (χ2v) is 8.36. The topological polar surface area (TPSA) is 358 Å². The molecule has 33 heavy (non-hydrogen) atoms. The Balaban J connectivity index is -0.000000466. The first kappa shape index (κ1) is 37.0. The van der Waals surface area contributed by atoms with Crippen molar-refractivity contribution < 1.29 is 108 Å². The third-order valence-electron chi connectivity index (χ3n) is 3.38. The van der Waals surface area contributed by atoms with Gasteiger partial charge in [-0.05, 0) is 6.07 Å². The summed E-state index contributed by atoms with van der Waals surface area (Å²) in [7, 11) is -14.8. The van der Waals surface area contributed by atoms with Crippen molar-refractivity contribution >= 4 is 0 Å². The fraction of sp³-hybridized carbons (Fsp3) is 0.571. The molecule has 0 aliphatic carbocycles. The molecule has 0 aromatic heterocycles. The van der Waals surface area contributed by atoms with E-state index in [2.05, 4.69) is 40.2 Å². The zero-order valence-electron chi connectivity index (χ0n) is 17.2. The van der Waals surface area contributed by atoms with E-state index in [9.17, 15) is 0 Å². The molecule has 0 spiro atoms. The second kappa shape index (κ2) is 19.7. The fourth-order valence-electron chi connectivity index (χ4n) is 2.38. The molecule has 198 valence electrons. The number of quaternary nitrogens is 3. The number of hydrogen-bond donors (Lipinski definition) is 3. The lowest BCUT2D eigenvalue weighted by atomic mass is 10.1. The Kier molecular flexibility index (Phi) is 22.1. The van der Waals surface area contributed by atoms with Gasteiger partial charge in [0.25, 0.3) is 0 Å². The van der Waals surface area contributed by atoms with Crippen LogP contribution in [0.1, 0.15) is 24.0 Å². The molecular formula is C14H28Cl3N3O13. The van der Waals surface area contributed by atoms with E-state index in [0.717, 1.165) is 13.1 Å². The van der Waals surface area contributed by atoms with Crippen molar-refractivity contribution in [2.75, 3.05) is 26.2 Å². The van der Waals surface area contributed by atoms with E-state index in [1.165, 1.54) is 50.1 Å². The molecule has 0 unspecified atom stereocenters. The molecule has 0 fully saturated rings. The molecule has 19 heteroatoms. The number of benzene rings is 1. The zero-order chi connectivity index (χ0) is 25.3. The summed E-state index contributed by atoms with van der Waals surface area (Å²) < 4.78 is 102. The molecular weight excluding hydrogens is 525 g/mol. The van der Waals surface area contributed by atoms with Crippen LogP contribution in [0.2, 0.25) is 0 Å². The number of fused-ring (bicyclic) bond motifs is 2. The average Bonchev–Trinajstić information content (AvgIpc) is 2.55. The average molecular weight is 553 g/mol. The van der Waals surface area contributed by atoms with Crippen LogP contribution >= 0.6 is 0 Å². The van der Waals surface area contributed by atoms with Crippen molar-refractivity contribution in [3.63, 3.8) is 0 Å². The molecule has 2 rings (SSSR count). The van der Waals surface area contributed by atoms with Gasteiger partial charge >= 0.3 is 0 Å². The lowest BCUT2D eigenvalue weighted by Gasteiger charge is -2.17. The van der Waals surface area contributed by atoms with E-state index in [-0.39, 0.29) is 5.48 Å². The molecule has 0 radical (unpaired) electrons. The summed E-state index contributed by atoms with van der Waals surface area (Å²) in [6, 6.07) is 9.06. The monoisotopic (exact) mass is 551 g/mol. The van der Waals surface area contributed by atoms with E-state index in [1.807, 2.05) is 0 Å². The van der Waals surface area contributed by atoms with Crippen molar-refractivity contribution in [1.82, 2.24) is 0 Å².